The molecule has 0 bridgehead atoms. The standard InChI is InChI=1S/C12H15F2NO2/c1-3-15(4-2)11(12(16)17)10-8(13)6-5-7-9(10)14/h5-7,11H,3-4H2,1-2H3,(H,16,17). The Morgan fingerprint density at radius 1 is 1.29 bits per heavy atom. The summed E-state index contributed by atoms with van der Waals surface area (Å²) in [6, 6.07) is 2.07. The van der Waals surface area contributed by atoms with E-state index in [1.54, 1.807) is 13.8 Å². The van der Waals surface area contributed by atoms with Crippen molar-refractivity contribution in [2.24, 2.45) is 0 Å². The Morgan fingerprint density at radius 2 is 1.76 bits per heavy atom. The van der Waals surface area contributed by atoms with E-state index in [0.717, 1.165) is 12.1 Å². The van der Waals surface area contributed by atoms with Crippen molar-refractivity contribution in [1.29, 1.82) is 0 Å². The van der Waals surface area contributed by atoms with Gasteiger partial charge in [-0.2, -0.15) is 0 Å². The van der Waals surface area contributed by atoms with Gasteiger partial charge in [0.05, 0.1) is 5.56 Å². The van der Waals surface area contributed by atoms with Crippen LogP contribution < -0.4 is 0 Å². The minimum Gasteiger partial charge on any atom is -0.480 e. The summed E-state index contributed by atoms with van der Waals surface area (Å²) in [6.45, 7) is 4.30. The Kier molecular flexibility index (Phi) is 4.57. The van der Waals surface area contributed by atoms with E-state index in [2.05, 4.69) is 0 Å². The molecule has 0 amide bonds. The van der Waals surface area contributed by atoms with Gasteiger partial charge in [-0.05, 0) is 25.2 Å². The number of hydrogen-bond acceptors (Lipinski definition) is 2. The quantitative estimate of drug-likeness (QED) is 0.863. The van der Waals surface area contributed by atoms with E-state index in [9.17, 15) is 13.6 Å². The number of carboxylic acid groups (broad SMARTS) is 1. The average Bonchev–Trinajstić information content (AvgIpc) is 2.27. The van der Waals surface area contributed by atoms with Crippen LogP contribution in [0.5, 0.6) is 0 Å². The highest BCUT2D eigenvalue weighted by atomic mass is 19.1. The summed E-state index contributed by atoms with van der Waals surface area (Å²) in [6.07, 6.45) is 0. The van der Waals surface area contributed by atoms with E-state index in [1.165, 1.54) is 11.0 Å². The lowest BCUT2D eigenvalue weighted by atomic mass is 10.0. The first-order valence-corrected chi connectivity index (χ1v) is 5.43. The number of halogens is 2. The zero-order chi connectivity index (χ0) is 13.0. The molecule has 17 heavy (non-hydrogen) atoms. The molecule has 1 N–H and O–H groups in total. The number of carbonyl (C=O) groups is 1. The Morgan fingerprint density at radius 3 is 2.12 bits per heavy atom. The van der Waals surface area contributed by atoms with Crippen LogP contribution in [0.2, 0.25) is 0 Å². The number of hydrogen-bond donors (Lipinski definition) is 1. The Balaban J connectivity index is 3.27. The van der Waals surface area contributed by atoms with E-state index in [-0.39, 0.29) is 0 Å². The largest absolute Gasteiger partial charge is 0.480 e. The van der Waals surface area contributed by atoms with Crippen LogP contribution >= 0.6 is 0 Å². The van der Waals surface area contributed by atoms with Crippen molar-refractivity contribution in [3.63, 3.8) is 0 Å². The topological polar surface area (TPSA) is 40.5 Å². The average molecular weight is 243 g/mol. The second-order valence-electron chi connectivity index (χ2n) is 3.60. The third kappa shape index (κ3) is 2.79. The Hall–Kier alpha value is -1.49. The van der Waals surface area contributed by atoms with Gasteiger partial charge in [-0.3, -0.25) is 9.69 Å². The third-order valence-electron chi connectivity index (χ3n) is 2.68. The van der Waals surface area contributed by atoms with Gasteiger partial charge in [0.15, 0.2) is 0 Å². The van der Waals surface area contributed by atoms with Gasteiger partial charge < -0.3 is 5.11 Å². The van der Waals surface area contributed by atoms with E-state index in [1.807, 2.05) is 0 Å². The first kappa shape index (κ1) is 13.6. The second-order valence-corrected chi connectivity index (χ2v) is 3.60. The predicted molar refractivity (Wildman–Crippen MR) is 59.7 cm³/mol. The summed E-state index contributed by atoms with van der Waals surface area (Å²) in [5.74, 6) is -2.91. The molecule has 0 spiro atoms. The lowest BCUT2D eigenvalue weighted by Gasteiger charge is -2.26. The first-order chi connectivity index (χ1) is 8.02. The summed E-state index contributed by atoms with van der Waals surface area (Å²) < 4.78 is 27.1. The highest BCUT2D eigenvalue weighted by Gasteiger charge is 2.30. The number of nitrogens with zero attached hydrogens (tertiary/aromatic N) is 1. The second kappa shape index (κ2) is 5.72. The smallest absolute Gasteiger partial charge is 0.325 e. The third-order valence-corrected chi connectivity index (χ3v) is 2.68. The molecule has 5 heteroatoms. The summed E-state index contributed by atoms with van der Waals surface area (Å²) in [4.78, 5) is 12.7. The van der Waals surface area contributed by atoms with Crippen LogP contribution in [0, 0.1) is 11.6 Å². The van der Waals surface area contributed by atoms with Crippen molar-refractivity contribution in [1.82, 2.24) is 4.90 Å². The first-order valence-electron chi connectivity index (χ1n) is 5.43. The van der Waals surface area contributed by atoms with Gasteiger partial charge in [0, 0.05) is 0 Å². The van der Waals surface area contributed by atoms with E-state index in [0.29, 0.717) is 13.1 Å². The van der Waals surface area contributed by atoms with E-state index >= 15 is 0 Å². The molecule has 0 saturated carbocycles. The molecule has 0 radical (unpaired) electrons. The van der Waals surface area contributed by atoms with Crippen LogP contribution in [-0.2, 0) is 4.79 Å². The predicted octanol–water partition coefficient (Wildman–Crippen LogP) is 2.43. The molecular formula is C12H15F2NO2. The van der Waals surface area contributed by atoms with Crippen molar-refractivity contribution in [2.75, 3.05) is 13.1 Å². The SMILES string of the molecule is CCN(CC)C(C(=O)O)c1c(F)cccc1F. The minimum absolute atomic E-state index is 0.399. The molecular weight excluding hydrogens is 228 g/mol. The van der Waals surface area contributed by atoms with Gasteiger partial charge in [-0.1, -0.05) is 19.9 Å². The normalized spacial score (nSPS) is 12.8. The van der Waals surface area contributed by atoms with Crippen molar-refractivity contribution < 1.29 is 18.7 Å². The summed E-state index contributed by atoms with van der Waals surface area (Å²) in [5, 5.41) is 9.13. The molecule has 1 unspecified atom stereocenters. The maximum atomic E-state index is 13.6. The van der Waals surface area contributed by atoms with Crippen LogP contribution in [0.4, 0.5) is 8.78 Å². The molecule has 0 aliphatic rings. The number of benzene rings is 1. The van der Waals surface area contributed by atoms with Crippen molar-refractivity contribution in [3.8, 4) is 0 Å². The fourth-order valence-corrected chi connectivity index (χ4v) is 1.82. The highest BCUT2D eigenvalue weighted by molar-refractivity contribution is 5.75. The minimum atomic E-state index is -1.29. The van der Waals surface area contributed by atoms with Gasteiger partial charge in [0.2, 0.25) is 0 Å². The molecule has 94 valence electrons. The van der Waals surface area contributed by atoms with Crippen molar-refractivity contribution in [3.05, 3.63) is 35.4 Å². The fourth-order valence-electron chi connectivity index (χ4n) is 1.82. The molecule has 0 fully saturated rings. The summed E-state index contributed by atoms with van der Waals surface area (Å²) >= 11 is 0. The van der Waals surface area contributed by atoms with Crippen LogP contribution in [0.25, 0.3) is 0 Å². The molecule has 3 nitrogen and oxygen atoms in total. The molecule has 0 heterocycles. The highest BCUT2D eigenvalue weighted by Crippen LogP contribution is 2.26. The zero-order valence-electron chi connectivity index (χ0n) is 9.78. The van der Waals surface area contributed by atoms with Gasteiger partial charge in [0.25, 0.3) is 0 Å². The number of likely N-dealkylation sites (N-methyl/N-ethyl adjacent to an activating group) is 1. The van der Waals surface area contributed by atoms with Crippen LogP contribution in [-0.4, -0.2) is 29.1 Å². The number of aliphatic carboxylic acids is 1. The maximum absolute atomic E-state index is 13.6. The monoisotopic (exact) mass is 243 g/mol. The molecule has 0 aromatic heterocycles. The summed E-state index contributed by atoms with van der Waals surface area (Å²) in [5.41, 5.74) is -0.399. The molecule has 0 aliphatic carbocycles. The molecule has 0 aliphatic heterocycles. The van der Waals surface area contributed by atoms with Crippen molar-refractivity contribution in [2.45, 2.75) is 19.9 Å². The van der Waals surface area contributed by atoms with Gasteiger partial charge in [0.1, 0.15) is 17.7 Å². The van der Waals surface area contributed by atoms with Crippen LogP contribution in [0.3, 0.4) is 0 Å². The van der Waals surface area contributed by atoms with Crippen LogP contribution in [0.1, 0.15) is 25.5 Å². The Bertz CT molecular complexity index is 385. The lowest BCUT2D eigenvalue weighted by molar-refractivity contribution is -0.143. The molecule has 1 aromatic carbocycles. The van der Waals surface area contributed by atoms with E-state index < -0.39 is 29.2 Å². The van der Waals surface area contributed by atoms with Crippen LogP contribution in [0.15, 0.2) is 18.2 Å². The zero-order valence-corrected chi connectivity index (χ0v) is 9.78. The summed E-state index contributed by atoms with van der Waals surface area (Å²) in [7, 11) is 0. The number of carboxylic acids is 1. The van der Waals surface area contributed by atoms with Gasteiger partial charge in [-0.15, -0.1) is 0 Å². The van der Waals surface area contributed by atoms with Crippen molar-refractivity contribution >= 4 is 5.97 Å². The van der Waals surface area contributed by atoms with E-state index in [4.69, 9.17) is 5.11 Å². The Labute approximate surface area is 98.7 Å². The lowest BCUT2D eigenvalue weighted by Crippen LogP contribution is -2.35. The number of rotatable bonds is 5. The van der Waals surface area contributed by atoms with Gasteiger partial charge in [-0.25, -0.2) is 8.78 Å². The maximum Gasteiger partial charge on any atom is 0.325 e. The molecule has 0 saturated heterocycles. The molecule has 1 rings (SSSR count). The molecule has 1 atom stereocenters. The fraction of sp³-hybridized carbons (Fsp3) is 0.417. The molecule has 1 aromatic rings. The van der Waals surface area contributed by atoms with Gasteiger partial charge >= 0.3 is 5.97 Å².